The van der Waals surface area contributed by atoms with Crippen LogP contribution in [0.3, 0.4) is 0 Å². The summed E-state index contributed by atoms with van der Waals surface area (Å²) in [7, 11) is 0. The molecule has 6 nitrogen and oxygen atoms in total. The van der Waals surface area contributed by atoms with E-state index in [1.807, 2.05) is 18.2 Å². The Labute approximate surface area is 144 Å². The number of allylic oxidation sites excluding steroid dienone is 8. The molecule has 3 atom stereocenters. The molecule has 0 saturated heterocycles. The van der Waals surface area contributed by atoms with Crippen molar-refractivity contribution in [2.75, 3.05) is 0 Å². The highest BCUT2D eigenvalue weighted by molar-refractivity contribution is 6.13. The van der Waals surface area contributed by atoms with Gasteiger partial charge in [-0.15, -0.1) is 0 Å². The summed E-state index contributed by atoms with van der Waals surface area (Å²) >= 11 is 0. The number of dihydropyridines is 1. The maximum absolute atomic E-state index is 12.9. The molecule has 0 aromatic carbocycles. The minimum Gasteiger partial charge on any atom is -0.478 e. The van der Waals surface area contributed by atoms with Crippen LogP contribution in [0.2, 0.25) is 0 Å². The van der Waals surface area contributed by atoms with Crippen molar-refractivity contribution in [3.63, 3.8) is 0 Å². The van der Waals surface area contributed by atoms with Gasteiger partial charge in [0.25, 0.3) is 0 Å². The van der Waals surface area contributed by atoms with Gasteiger partial charge in [0, 0.05) is 17.9 Å². The summed E-state index contributed by atoms with van der Waals surface area (Å²) in [5, 5.41) is 12.0. The third-order valence-corrected chi connectivity index (χ3v) is 4.83. The van der Waals surface area contributed by atoms with Crippen LogP contribution in [-0.2, 0) is 14.3 Å². The second-order valence-electron chi connectivity index (χ2n) is 6.40. The van der Waals surface area contributed by atoms with Crippen molar-refractivity contribution in [3.8, 4) is 0 Å². The number of nitrogens with one attached hydrogen (secondary N) is 1. The molecule has 0 unspecified atom stereocenters. The number of carboxylic acid groups (broad SMARTS) is 1. The molecule has 25 heavy (non-hydrogen) atoms. The molecule has 2 aliphatic carbocycles. The molecule has 0 saturated carbocycles. The van der Waals surface area contributed by atoms with Gasteiger partial charge >= 0.3 is 5.97 Å². The van der Waals surface area contributed by atoms with E-state index in [1.165, 1.54) is 6.08 Å². The van der Waals surface area contributed by atoms with Crippen molar-refractivity contribution in [1.82, 2.24) is 5.32 Å². The van der Waals surface area contributed by atoms with Gasteiger partial charge in [-0.3, -0.25) is 4.79 Å². The largest absolute Gasteiger partial charge is 0.478 e. The van der Waals surface area contributed by atoms with Crippen LogP contribution in [0.5, 0.6) is 0 Å². The SMILES string of the molecule is N[C@@H]1NC2=C(C=C1C(=O)O)C(=O)C1=CC([C@H]3C=CC=CC3)=CC[C@H]1O2. The number of carboxylic acids is 1. The first kappa shape index (κ1) is 15.7. The van der Waals surface area contributed by atoms with Gasteiger partial charge in [-0.1, -0.05) is 30.4 Å². The summed E-state index contributed by atoms with van der Waals surface area (Å²) in [6.07, 6.45) is 13.8. The number of ketones is 1. The monoisotopic (exact) mass is 338 g/mol. The summed E-state index contributed by atoms with van der Waals surface area (Å²) < 4.78 is 5.88. The fourth-order valence-electron chi connectivity index (χ4n) is 3.48. The Bertz CT molecular complexity index is 841. The second-order valence-corrected chi connectivity index (χ2v) is 6.40. The number of hydrogen-bond donors (Lipinski definition) is 3. The number of rotatable bonds is 2. The molecule has 0 aromatic heterocycles. The molecule has 4 aliphatic rings. The molecule has 2 heterocycles. The molecule has 4 rings (SSSR count). The highest BCUT2D eigenvalue weighted by Crippen LogP contribution is 2.36. The van der Waals surface area contributed by atoms with Crippen LogP contribution in [-0.4, -0.2) is 29.1 Å². The predicted molar refractivity (Wildman–Crippen MR) is 90.9 cm³/mol. The van der Waals surface area contributed by atoms with E-state index in [2.05, 4.69) is 23.5 Å². The zero-order valence-corrected chi connectivity index (χ0v) is 13.4. The van der Waals surface area contributed by atoms with Crippen molar-refractivity contribution >= 4 is 11.8 Å². The minimum absolute atomic E-state index is 0.0540. The quantitative estimate of drug-likeness (QED) is 0.704. The first-order valence-electron chi connectivity index (χ1n) is 8.22. The number of carbonyl (C=O) groups excluding carboxylic acids is 1. The highest BCUT2D eigenvalue weighted by atomic mass is 16.5. The Morgan fingerprint density at radius 3 is 2.84 bits per heavy atom. The standard InChI is InChI=1S/C19H18N2O4/c20-17-14(19(23)24)9-13-16(22)12-8-11(10-4-2-1-3-5-10)6-7-15(12)25-18(13)21-17/h1-4,6,8-10,15,17,21H,5,7,20H2,(H,23,24)/t10-,15+,17+/m0/s1. The van der Waals surface area contributed by atoms with Gasteiger partial charge in [0.05, 0.1) is 11.1 Å². The first-order chi connectivity index (χ1) is 12.0. The molecule has 0 fully saturated rings. The maximum Gasteiger partial charge on any atom is 0.335 e. The molecule has 0 radical (unpaired) electrons. The number of nitrogens with two attached hydrogens (primary N) is 1. The predicted octanol–water partition coefficient (Wildman–Crippen LogP) is 1.45. The van der Waals surface area contributed by atoms with Gasteiger partial charge in [-0.05, 0) is 24.1 Å². The molecule has 0 aromatic rings. The molecule has 0 spiro atoms. The van der Waals surface area contributed by atoms with Crippen molar-refractivity contribution < 1.29 is 19.4 Å². The lowest BCUT2D eigenvalue weighted by molar-refractivity contribution is -0.133. The zero-order chi connectivity index (χ0) is 17.6. The van der Waals surface area contributed by atoms with Crippen LogP contribution < -0.4 is 11.1 Å². The van der Waals surface area contributed by atoms with E-state index in [-0.39, 0.29) is 34.8 Å². The summed E-state index contributed by atoms with van der Waals surface area (Å²) in [5.41, 5.74) is 7.62. The van der Waals surface area contributed by atoms with Crippen LogP contribution >= 0.6 is 0 Å². The van der Waals surface area contributed by atoms with Crippen LogP contribution in [0.1, 0.15) is 12.8 Å². The molecule has 4 N–H and O–H groups in total. The van der Waals surface area contributed by atoms with Crippen LogP contribution in [0.4, 0.5) is 0 Å². The lowest BCUT2D eigenvalue weighted by Gasteiger charge is -2.35. The maximum atomic E-state index is 12.9. The lowest BCUT2D eigenvalue weighted by Crippen LogP contribution is -2.47. The molecule has 6 heteroatoms. The van der Waals surface area contributed by atoms with Crippen molar-refractivity contribution in [2.24, 2.45) is 11.7 Å². The molecule has 128 valence electrons. The fourth-order valence-corrected chi connectivity index (χ4v) is 3.48. The Morgan fingerprint density at radius 1 is 1.28 bits per heavy atom. The highest BCUT2D eigenvalue weighted by Gasteiger charge is 2.38. The average Bonchev–Trinajstić information content (AvgIpc) is 2.62. The van der Waals surface area contributed by atoms with Gasteiger partial charge in [0.15, 0.2) is 11.7 Å². The Balaban J connectivity index is 1.67. The summed E-state index contributed by atoms with van der Waals surface area (Å²) in [6.45, 7) is 0. The van der Waals surface area contributed by atoms with Gasteiger partial charge in [-0.25, -0.2) is 4.79 Å². The topological polar surface area (TPSA) is 102 Å². The van der Waals surface area contributed by atoms with E-state index in [1.54, 1.807) is 0 Å². The lowest BCUT2D eigenvalue weighted by atomic mass is 9.82. The van der Waals surface area contributed by atoms with E-state index in [4.69, 9.17) is 10.5 Å². The number of ether oxygens (including phenoxy) is 1. The van der Waals surface area contributed by atoms with E-state index in [9.17, 15) is 14.7 Å². The molecular weight excluding hydrogens is 320 g/mol. The molecule has 2 aliphatic heterocycles. The zero-order valence-electron chi connectivity index (χ0n) is 13.4. The first-order valence-corrected chi connectivity index (χ1v) is 8.22. The molecule has 0 bridgehead atoms. The van der Waals surface area contributed by atoms with Crippen molar-refractivity contribution in [3.05, 3.63) is 70.7 Å². The second kappa shape index (κ2) is 5.89. The van der Waals surface area contributed by atoms with E-state index in [0.29, 0.717) is 12.0 Å². The fraction of sp³-hybridized carbons (Fsp3) is 0.263. The summed E-state index contributed by atoms with van der Waals surface area (Å²) in [4.78, 5) is 24.2. The molecular formula is C19H18N2O4. The average molecular weight is 338 g/mol. The van der Waals surface area contributed by atoms with Gasteiger partial charge in [-0.2, -0.15) is 0 Å². The number of aliphatic carboxylic acids is 1. The Morgan fingerprint density at radius 2 is 2.12 bits per heavy atom. The number of carbonyl (C=O) groups is 2. The summed E-state index contributed by atoms with van der Waals surface area (Å²) in [6, 6.07) is 0. The van der Waals surface area contributed by atoms with E-state index < -0.39 is 12.1 Å². The Kier molecular flexibility index (Phi) is 3.69. The van der Waals surface area contributed by atoms with Crippen molar-refractivity contribution in [2.45, 2.75) is 25.1 Å². The van der Waals surface area contributed by atoms with Crippen LogP contribution in [0.25, 0.3) is 0 Å². The Hall–Kier alpha value is -2.86. The smallest absolute Gasteiger partial charge is 0.335 e. The van der Waals surface area contributed by atoms with Gasteiger partial charge in [0.1, 0.15) is 12.3 Å². The van der Waals surface area contributed by atoms with Gasteiger partial charge < -0.3 is 20.9 Å². The molecule has 0 amide bonds. The number of fused-ring (bicyclic) bond motifs is 1. The van der Waals surface area contributed by atoms with Crippen LogP contribution in [0, 0.1) is 5.92 Å². The third kappa shape index (κ3) is 2.64. The van der Waals surface area contributed by atoms with Gasteiger partial charge in [0.2, 0.25) is 0 Å². The number of hydrogen-bond acceptors (Lipinski definition) is 5. The van der Waals surface area contributed by atoms with Crippen LogP contribution in [0.15, 0.2) is 70.7 Å². The van der Waals surface area contributed by atoms with Crippen molar-refractivity contribution in [1.29, 1.82) is 0 Å². The summed E-state index contributed by atoms with van der Waals surface area (Å²) in [5.74, 6) is -0.837. The minimum atomic E-state index is -1.15. The third-order valence-electron chi connectivity index (χ3n) is 4.83. The number of Topliss-reactive ketones (excluding diaryl/α,β-unsaturated/α-hetero) is 1. The van der Waals surface area contributed by atoms with E-state index >= 15 is 0 Å². The normalized spacial score (nSPS) is 30.4. The van der Waals surface area contributed by atoms with E-state index in [0.717, 1.165) is 12.0 Å².